The normalized spacial score (nSPS) is 11.8. The van der Waals surface area contributed by atoms with E-state index < -0.39 is 5.82 Å². The van der Waals surface area contributed by atoms with E-state index in [1.54, 1.807) is 19.2 Å². The Balaban J connectivity index is 1.92. The highest BCUT2D eigenvalue weighted by Crippen LogP contribution is 2.24. The molecule has 2 rings (SSSR count). The topological polar surface area (TPSA) is 50.4 Å². The van der Waals surface area contributed by atoms with Gasteiger partial charge in [-0.1, -0.05) is 30.3 Å². The lowest BCUT2D eigenvalue weighted by Crippen LogP contribution is -2.30. The number of ether oxygens (including phenoxy) is 1. The molecule has 0 aliphatic rings. The quantitative estimate of drug-likeness (QED) is 0.862. The van der Waals surface area contributed by atoms with Gasteiger partial charge in [0.05, 0.1) is 19.3 Å². The molecule has 0 heterocycles. The van der Waals surface area contributed by atoms with Crippen molar-refractivity contribution in [1.29, 1.82) is 0 Å². The van der Waals surface area contributed by atoms with Crippen LogP contribution in [0.25, 0.3) is 0 Å². The zero-order valence-corrected chi connectivity index (χ0v) is 12.6. The average Bonchev–Trinajstić information content (AvgIpc) is 2.54. The number of rotatable bonds is 6. The molecular weight excluding hydrogens is 283 g/mol. The van der Waals surface area contributed by atoms with Crippen molar-refractivity contribution in [3.05, 3.63) is 59.9 Å². The van der Waals surface area contributed by atoms with Crippen LogP contribution in [-0.2, 0) is 4.79 Å². The maximum Gasteiger partial charge on any atom is 0.238 e. The highest BCUT2D eigenvalue weighted by atomic mass is 19.1. The molecule has 0 aliphatic carbocycles. The number of methoxy groups -OCH3 is 1. The molecule has 22 heavy (non-hydrogen) atoms. The van der Waals surface area contributed by atoms with Crippen LogP contribution in [0, 0.1) is 5.82 Å². The van der Waals surface area contributed by atoms with Gasteiger partial charge in [0.15, 0.2) is 0 Å². The first kappa shape index (κ1) is 16.0. The van der Waals surface area contributed by atoms with Crippen molar-refractivity contribution >= 4 is 11.6 Å². The number of nitrogens with one attached hydrogen (secondary N) is 2. The molecule has 1 atom stereocenters. The summed E-state index contributed by atoms with van der Waals surface area (Å²) < 4.78 is 18.8. The minimum absolute atomic E-state index is 0.0671. The second-order valence-corrected chi connectivity index (χ2v) is 4.87. The first-order valence-corrected chi connectivity index (χ1v) is 7.02. The summed E-state index contributed by atoms with van der Waals surface area (Å²) in [5, 5.41) is 5.64. The van der Waals surface area contributed by atoms with Crippen molar-refractivity contribution in [1.82, 2.24) is 5.32 Å². The highest BCUT2D eigenvalue weighted by Gasteiger charge is 2.12. The molecule has 2 aromatic carbocycles. The smallest absolute Gasteiger partial charge is 0.238 e. The Labute approximate surface area is 129 Å². The summed E-state index contributed by atoms with van der Waals surface area (Å²) in [5.74, 6) is 0.0116. The van der Waals surface area contributed by atoms with Crippen LogP contribution in [-0.4, -0.2) is 19.6 Å². The van der Waals surface area contributed by atoms with Gasteiger partial charge >= 0.3 is 0 Å². The lowest BCUT2D eigenvalue weighted by atomic mass is 10.1. The Morgan fingerprint density at radius 2 is 1.86 bits per heavy atom. The number of anilines is 1. The van der Waals surface area contributed by atoms with Crippen LogP contribution < -0.4 is 15.4 Å². The maximum absolute atomic E-state index is 13.5. The van der Waals surface area contributed by atoms with Gasteiger partial charge in [0.25, 0.3) is 0 Å². The highest BCUT2D eigenvalue weighted by molar-refractivity contribution is 5.92. The van der Waals surface area contributed by atoms with Gasteiger partial charge in [0.1, 0.15) is 11.6 Å². The third-order valence-corrected chi connectivity index (χ3v) is 3.32. The first-order valence-electron chi connectivity index (χ1n) is 7.02. The number of hydrogen-bond acceptors (Lipinski definition) is 3. The van der Waals surface area contributed by atoms with E-state index in [2.05, 4.69) is 10.6 Å². The predicted molar refractivity (Wildman–Crippen MR) is 84.4 cm³/mol. The number of benzene rings is 2. The molecule has 0 radical (unpaired) electrons. The predicted octanol–water partition coefficient (Wildman–Crippen LogP) is 3.12. The molecule has 0 unspecified atom stereocenters. The molecule has 0 aromatic heterocycles. The number of hydrogen-bond donors (Lipinski definition) is 2. The van der Waals surface area contributed by atoms with E-state index in [4.69, 9.17) is 4.74 Å². The molecule has 0 aliphatic heterocycles. The summed E-state index contributed by atoms with van der Waals surface area (Å²) in [6, 6.07) is 13.6. The molecule has 2 aromatic rings. The second kappa shape index (κ2) is 7.56. The Morgan fingerprint density at radius 3 is 2.59 bits per heavy atom. The van der Waals surface area contributed by atoms with Crippen LogP contribution in [0.15, 0.2) is 48.5 Å². The van der Waals surface area contributed by atoms with E-state index >= 15 is 0 Å². The van der Waals surface area contributed by atoms with Crippen LogP contribution in [0.2, 0.25) is 0 Å². The van der Waals surface area contributed by atoms with E-state index in [0.29, 0.717) is 0 Å². The summed E-state index contributed by atoms with van der Waals surface area (Å²) in [4.78, 5) is 11.9. The van der Waals surface area contributed by atoms with E-state index in [9.17, 15) is 9.18 Å². The number of carbonyl (C=O) groups excluding carboxylic acids is 1. The van der Waals surface area contributed by atoms with Gasteiger partial charge in [-0.2, -0.15) is 0 Å². The minimum atomic E-state index is -0.450. The van der Waals surface area contributed by atoms with E-state index in [0.717, 1.165) is 11.3 Å². The first-order chi connectivity index (χ1) is 10.6. The molecule has 0 saturated carbocycles. The molecule has 2 N–H and O–H groups in total. The van der Waals surface area contributed by atoms with Gasteiger partial charge in [-0.05, 0) is 25.1 Å². The summed E-state index contributed by atoms with van der Waals surface area (Å²) in [6.45, 7) is 2.02. The molecule has 4 nitrogen and oxygen atoms in total. The Morgan fingerprint density at radius 1 is 1.18 bits per heavy atom. The zero-order valence-electron chi connectivity index (χ0n) is 12.6. The monoisotopic (exact) mass is 302 g/mol. The Kier molecular flexibility index (Phi) is 5.49. The Hall–Kier alpha value is -2.40. The third kappa shape index (κ3) is 4.05. The molecule has 0 saturated heterocycles. The van der Waals surface area contributed by atoms with Crippen molar-refractivity contribution < 1.29 is 13.9 Å². The Bertz CT molecular complexity index is 646. The van der Waals surface area contributed by atoms with Gasteiger partial charge in [-0.15, -0.1) is 0 Å². The number of halogens is 1. The van der Waals surface area contributed by atoms with E-state index in [1.807, 2.05) is 31.2 Å². The van der Waals surface area contributed by atoms with Crippen molar-refractivity contribution in [3.8, 4) is 5.75 Å². The molecule has 0 fully saturated rings. The second-order valence-electron chi connectivity index (χ2n) is 4.87. The van der Waals surface area contributed by atoms with E-state index in [-0.39, 0.29) is 24.2 Å². The van der Waals surface area contributed by atoms with Crippen LogP contribution in [0.3, 0.4) is 0 Å². The largest absolute Gasteiger partial charge is 0.496 e. The number of amides is 1. The van der Waals surface area contributed by atoms with Crippen molar-refractivity contribution in [2.24, 2.45) is 0 Å². The zero-order chi connectivity index (χ0) is 15.9. The van der Waals surface area contributed by atoms with Crippen LogP contribution in [0.1, 0.15) is 18.5 Å². The fourth-order valence-corrected chi connectivity index (χ4v) is 2.14. The summed E-state index contributed by atoms with van der Waals surface area (Å²) >= 11 is 0. The molecule has 1 amide bonds. The van der Waals surface area contributed by atoms with Gasteiger partial charge < -0.3 is 15.4 Å². The van der Waals surface area contributed by atoms with Gasteiger partial charge in [0.2, 0.25) is 5.91 Å². The van der Waals surface area contributed by atoms with Crippen molar-refractivity contribution in [2.45, 2.75) is 13.0 Å². The fourth-order valence-electron chi connectivity index (χ4n) is 2.14. The molecule has 0 bridgehead atoms. The SMILES string of the molecule is COc1ccccc1[C@H](C)NCC(=O)Nc1ccccc1F. The average molecular weight is 302 g/mol. The van der Waals surface area contributed by atoms with E-state index in [1.165, 1.54) is 12.1 Å². The van der Waals surface area contributed by atoms with Gasteiger partial charge in [-0.25, -0.2) is 4.39 Å². The summed E-state index contributed by atoms with van der Waals surface area (Å²) in [7, 11) is 1.61. The van der Waals surface area contributed by atoms with Crippen LogP contribution >= 0.6 is 0 Å². The van der Waals surface area contributed by atoms with Gasteiger partial charge in [-0.3, -0.25) is 4.79 Å². The maximum atomic E-state index is 13.5. The molecule has 5 heteroatoms. The molecule has 0 spiro atoms. The standard InChI is InChI=1S/C17H19FN2O2/c1-12(13-7-3-6-10-16(13)22-2)19-11-17(21)20-15-9-5-4-8-14(15)18/h3-10,12,19H,11H2,1-2H3,(H,20,21)/t12-/m0/s1. The molecular formula is C17H19FN2O2. The minimum Gasteiger partial charge on any atom is -0.496 e. The number of para-hydroxylation sites is 2. The summed E-state index contributed by atoms with van der Waals surface area (Å²) in [5.41, 5.74) is 1.14. The third-order valence-electron chi connectivity index (χ3n) is 3.32. The molecule has 116 valence electrons. The van der Waals surface area contributed by atoms with Crippen LogP contribution in [0.5, 0.6) is 5.75 Å². The lowest BCUT2D eigenvalue weighted by Gasteiger charge is -2.17. The van der Waals surface area contributed by atoms with Crippen molar-refractivity contribution in [2.75, 3.05) is 19.0 Å². The fraction of sp³-hybridized carbons (Fsp3) is 0.235. The van der Waals surface area contributed by atoms with Crippen molar-refractivity contribution in [3.63, 3.8) is 0 Å². The van der Waals surface area contributed by atoms with Gasteiger partial charge in [0, 0.05) is 11.6 Å². The number of carbonyl (C=O) groups is 1. The lowest BCUT2D eigenvalue weighted by molar-refractivity contribution is -0.115. The summed E-state index contributed by atoms with van der Waals surface area (Å²) in [6.07, 6.45) is 0. The van der Waals surface area contributed by atoms with Crippen LogP contribution in [0.4, 0.5) is 10.1 Å².